The van der Waals surface area contributed by atoms with Gasteiger partial charge in [-0.25, -0.2) is 9.18 Å². The fraction of sp³-hybridized carbons (Fsp3) is 0.172. The number of benzene rings is 3. The lowest BCUT2D eigenvalue weighted by atomic mass is 9.83. The molecular weight excluding hydrogens is 459 g/mol. The molecule has 0 saturated carbocycles. The van der Waals surface area contributed by atoms with Gasteiger partial charge in [0, 0.05) is 25.2 Å². The van der Waals surface area contributed by atoms with Crippen LogP contribution in [0.15, 0.2) is 95.0 Å². The van der Waals surface area contributed by atoms with E-state index in [1.165, 1.54) is 16.7 Å². The Morgan fingerprint density at radius 2 is 1.56 bits per heavy atom. The van der Waals surface area contributed by atoms with Crippen LogP contribution < -0.4 is 5.56 Å². The minimum Gasteiger partial charge on any atom is -0.478 e. The van der Waals surface area contributed by atoms with Crippen molar-refractivity contribution in [3.05, 3.63) is 134 Å². The molecule has 0 fully saturated rings. The normalized spacial score (nSPS) is 12.6. The summed E-state index contributed by atoms with van der Waals surface area (Å²) in [4.78, 5) is 34.8. The monoisotopic (exact) mass is 484 g/mol. The van der Waals surface area contributed by atoms with E-state index < -0.39 is 17.9 Å². The van der Waals surface area contributed by atoms with Crippen molar-refractivity contribution >= 4 is 5.97 Å². The molecule has 2 atom stereocenters. The maximum absolute atomic E-state index is 15.1. The van der Waals surface area contributed by atoms with Gasteiger partial charge in [-0.3, -0.25) is 4.79 Å². The van der Waals surface area contributed by atoms with Gasteiger partial charge in [-0.2, -0.15) is 4.91 Å². The second-order valence-corrected chi connectivity index (χ2v) is 8.85. The topological polar surface area (TPSA) is 88.7 Å². The third-order valence-corrected chi connectivity index (χ3v) is 6.39. The van der Waals surface area contributed by atoms with Crippen molar-refractivity contribution in [2.24, 2.45) is 12.2 Å². The molecule has 1 N–H and O–H groups in total. The highest BCUT2D eigenvalue weighted by molar-refractivity contribution is 5.88. The molecule has 1 aromatic heterocycles. The molecule has 4 aromatic rings. The number of hydrogen-bond acceptors (Lipinski definition) is 4. The molecule has 0 radical (unpaired) electrons. The van der Waals surface area contributed by atoms with Gasteiger partial charge in [-0.1, -0.05) is 53.7 Å². The molecule has 3 aromatic carbocycles. The van der Waals surface area contributed by atoms with Crippen LogP contribution in [0.5, 0.6) is 0 Å². The molecule has 0 aliphatic heterocycles. The molecule has 0 saturated heterocycles. The van der Waals surface area contributed by atoms with E-state index >= 15 is 4.39 Å². The summed E-state index contributed by atoms with van der Waals surface area (Å²) in [5.74, 6) is -1.82. The van der Waals surface area contributed by atoms with Gasteiger partial charge >= 0.3 is 5.97 Å². The Morgan fingerprint density at radius 1 is 0.944 bits per heavy atom. The molecule has 0 amide bonds. The largest absolute Gasteiger partial charge is 0.478 e. The van der Waals surface area contributed by atoms with Crippen molar-refractivity contribution in [3.8, 4) is 11.1 Å². The Bertz CT molecular complexity index is 1460. The zero-order valence-corrected chi connectivity index (χ0v) is 19.9. The fourth-order valence-electron chi connectivity index (χ4n) is 4.35. The van der Waals surface area contributed by atoms with Crippen LogP contribution in [0.1, 0.15) is 51.0 Å². The van der Waals surface area contributed by atoms with Crippen molar-refractivity contribution in [1.82, 2.24) is 4.57 Å². The number of aromatic carboxylic acids is 1. The first-order valence-electron chi connectivity index (χ1n) is 11.5. The summed E-state index contributed by atoms with van der Waals surface area (Å²) in [5.41, 5.74) is 4.37. The number of nitroso groups, excluding NO2 is 1. The maximum atomic E-state index is 15.1. The van der Waals surface area contributed by atoms with E-state index in [2.05, 4.69) is 5.18 Å². The van der Waals surface area contributed by atoms with E-state index in [1.54, 1.807) is 49.6 Å². The summed E-state index contributed by atoms with van der Waals surface area (Å²) in [6.07, 6.45) is 1.80. The van der Waals surface area contributed by atoms with Crippen LogP contribution >= 0.6 is 0 Å². The minimum absolute atomic E-state index is 0.198. The van der Waals surface area contributed by atoms with E-state index in [1.807, 2.05) is 37.3 Å². The van der Waals surface area contributed by atoms with Crippen LogP contribution in [-0.4, -0.2) is 15.6 Å². The molecule has 6 nitrogen and oxygen atoms in total. The second kappa shape index (κ2) is 10.5. The highest BCUT2D eigenvalue weighted by Gasteiger charge is 2.25. The minimum atomic E-state index is -0.989. The summed E-state index contributed by atoms with van der Waals surface area (Å²) >= 11 is 0. The number of carboxylic acid groups (broad SMARTS) is 1. The lowest BCUT2D eigenvalue weighted by Crippen LogP contribution is -2.16. The highest BCUT2D eigenvalue weighted by Crippen LogP contribution is 2.37. The standard InChI is InChI=1S/C29H25FN2O4/c1-18-3-13-24(26(30)15-18)25(16-27(31-36)23-12-14-28(33)32(2)17-23)21-8-4-19(5-9-21)20-6-10-22(11-7-20)29(34)35/h3-15,17,25,27H,16H2,1-2H3,(H,34,35). The Hall–Kier alpha value is -4.39. The summed E-state index contributed by atoms with van der Waals surface area (Å²) in [6, 6.07) is 21.3. The molecule has 1 heterocycles. The zero-order chi connectivity index (χ0) is 25.8. The molecule has 0 aliphatic rings. The van der Waals surface area contributed by atoms with Gasteiger partial charge < -0.3 is 9.67 Å². The first kappa shape index (κ1) is 24.7. The number of carboxylic acids is 1. The van der Waals surface area contributed by atoms with Gasteiger partial charge in [0.1, 0.15) is 11.9 Å². The highest BCUT2D eigenvalue weighted by atomic mass is 19.1. The average Bonchev–Trinajstić information content (AvgIpc) is 2.87. The van der Waals surface area contributed by atoms with Gasteiger partial charge in [-0.15, -0.1) is 0 Å². The number of nitrogens with zero attached hydrogens (tertiary/aromatic N) is 2. The molecule has 0 spiro atoms. The van der Waals surface area contributed by atoms with Crippen LogP contribution in [0.25, 0.3) is 11.1 Å². The zero-order valence-electron chi connectivity index (χ0n) is 19.9. The third kappa shape index (κ3) is 5.30. The van der Waals surface area contributed by atoms with E-state index in [0.717, 1.165) is 22.3 Å². The molecule has 182 valence electrons. The number of aromatic nitrogens is 1. The third-order valence-electron chi connectivity index (χ3n) is 6.39. The van der Waals surface area contributed by atoms with Gasteiger partial charge in [0.25, 0.3) is 0 Å². The van der Waals surface area contributed by atoms with E-state index in [9.17, 15) is 14.5 Å². The van der Waals surface area contributed by atoms with E-state index in [4.69, 9.17) is 5.11 Å². The number of aryl methyl sites for hydroxylation is 2. The predicted octanol–water partition coefficient (Wildman–Crippen LogP) is 6.23. The molecule has 0 aliphatic carbocycles. The summed E-state index contributed by atoms with van der Waals surface area (Å²) in [5, 5.41) is 12.4. The van der Waals surface area contributed by atoms with Gasteiger partial charge in [0.15, 0.2) is 0 Å². The fourth-order valence-corrected chi connectivity index (χ4v) is 4.35. The van der Waals surface area contributed by atoms with Crippen LogP contribution in [-0.2, 0) is 7.05 Å². The lowest BCUT2D eigenvalue weighted by molar-refractivity contribution is 0.0697. The smallest absolute Gasteiger partial charge is 0.335 e. The predicted molar refractivity (Wildman–Crippen MR) is 137 cm³/mol. The van der Waals surface area contributed by atoms with Crippen LogP contribution in [0, 0.1) is 17.6 Å². The summed E-state index contributed by atoms with van der Waals surface area (Å²) in [6.45, 7) is 1.81. The van der Waals surface area contributed by atoms with Crippen LogP contribution in [0.3, 0.4) is 0 Å². The summed E-state index contributed by atoms with van der Waals surface area (Å²) < 4.78 is 16.5. The number of pyridine rings is 1. The average molecular weight is 485 g/mol. The van der Waals surface area contributed by atoms with Crippen molar-refractivity contribution in [2.75, 3.05) is 0 Å². The SMILES string of the molecule is Cc1ccc(C(CC(N=O)c2ccc(=O)n(C)c2)c2ccc(-c3ccc(C(=O)O)cc3)cc2)c(F)c1. The Morgan fingerprint density at radius 3 is 2.11 bits per heavy atom. The Kier molecular flexibility index (Phi) is 7.20. The van der Waals surface area contributed by atoms with Crippen molar-refractivity contribution in [3.63, 3.8) is 0 Å². The lowest BCUT2D eigenvalue weighted by Gasteiger charge is -2.22. The number of hydrogen-bond donors (Lipinski definition) is 1. The second-order valence-electron chi connectivity index (χ2n) is 8.85. The molecule has 2 unspecified atom stereocenters. The Balaban J connectivity index is 1.71. The van der Waals surface area contributed by atoms with Gasteiger partial charge in [0.05, 0.1) is 5.56 Å². The van der Waals surface area contributed by atoms with Crippen LogP contribution in [0.4, 0.5) is 4.39 Å². The van der Waals surface area contributed by atoms with E-state index in [0.29, 0.717) is 11.1 Å². The van der Waals surface area contributed by atoms with Gasteiger partial charge in [-0.05, 0) is 71.0 Å². The maximum Gasteiger partial charge on any atom is 0.335 e. The first-order chi connectivity index (χ1) is 17.3. The molecule has 4 rings (SSSR count). The number of rotatable bonds is 8. The van der Waals surface area contributed by atoms with Crippen molar-refractivity contribution < 1.29 is 14.3 Å². The quantitative estimate of drug-likeness (QED) is 0.300. The first-order valence-corrected chi connectivity index (χ1v) is 11.5. The van der Waals surface area contributed by atoms with Gasteiger partial charge in [0.2, 0.25) is 5.56 Å². The molecule has 36 heavy (non-hydrogen) atoms. The number of carbonyl (C=O) groups is 1. The number of halogens is 1. The Labute approximate surface area is 207 Å². The van der Waals surface area contributed by atoms with Crippen LogP contribution in [0.2, 0.25) is 0 Å². The molecular formula is C29H25FN2O4. The summed E-state index contributed by atoms with van der Waals surface area (Å²) in [7, 11) is 1.60. The van der Waals surface area contributed by atoms with Crippen molar-refractivity contribution in [1.29, 1.82) is 0 Å². The van der Waals surface area contributed by atoms with Crippen molar-refractivity contribution in [2.45, 2.75) is 25.3 Å². The molecule has 0 bridgehead atoms. The van der Waals surface area contributed by atoms with E-state index in [-0.39, 0.29) is 23.4 Å². The molecule has 7 heteroatoms.